The molecule has 8 heteroatoms. The number of nitro benzene ring substituents is 1. The van der Waals surface area contributed by atoms with E-state index in [0.29, 0.717) is 43.2 Å². The minimum absolute atomic E-state index is 0.0716. The number of nitrogens with two attached hydrogens (primary N) is 1. The largest absolute Gasteiger partial charge is 0.493 e. The van der Waals surface area contributed by atoms with E-state index in [9.17, 15) is 14.9 Å². The van der Waals surface area contributed by atoms with Crippen LogP contribution < -0.4 is 15.2 Å². The second-order valence-corrected chi connectivity index (χ2v) is 9.46. The quantitative estimate of drug-likeness (QED) is 0.123. The Balaban J connectivity index is 1.52. The number of methoxy groups -OCH3 is 1. The van der Waals surface area contributed by atoms with Crippen LogP contribution in [0.15, 0.2) is 103 Å². The molecule has 40 heavy (non-hydrogen) atoms. The molecule has 8 nitrogen and oxygen atoms in total. The summed E-state index contributed by atoms with van der Waals surface area (Å²) in [4.78, 5) is 24.7. The Morgan fingerprint density at radius 2 is 1.52 bits per heavy atom. The highest BCUT2D eigenvalue weighted by Gasteiger charge is 2.19. The lowest BCUT2D eigenvalue weighted by Gasteiger charge is -2.28. The van der Waals surface area contributed by atoms with Crippen LogP contribution in [0.5, 0.6) is 11.5 Å². The van der Waals surface area contributed by atoms with E-state index in [1.807, 2.05) is 48.5 Å². The van der Waals surface area contributed by atoms with Gasteiger partial charge in [-0.3, -0.25) is 19.8 Å². The Hall–Kier alpha value is -4.69. The fourth-order valence-electron chi connectivity index (χ4n) is 4.66. The number of nitro groups is 1. The van der Waals surface area contributed by atoms with Gasteiger partial charge in [-0.05, 0) is 41.3 Å². The van der Waals surface area contributed by atoms with Crippen LogP contribution in [0.2, 0.25) is 0 Å². The maximum absolute atomic E-state index is 11.6. The number of benzene rings is 4. The lowest BCUT2D eigenvalue weighted by atomic mass is 9.90. The van der Waals surface area contributed by atoms with Crippen LogP contribution in [0, 0.1) is 10.1 Å². The summed E-state index contributed by atoms with van der Waals surface area (Å²) in [5.41, 5.74) is 9.27. The standard InChI is InChI=1S/C32H33N3O5/c1-39-30-18-15-27(32(33)36)21-31(30)40-20-8-19-34(22-24-13-16-28(17-14-24)35(37)38)23-29(25-9-4-2-5-10-25)26-11-6-3-7-12-26/h2-7,9-18,21,29H,8,19-20,22-23H2,1H3,(H2,33,36). The van der Waals surface area contributed by atoms with E-state index in [0.717, 1.165) is 12.1 Å². The van der Waals surface area contributed by atoms with E-state index in [1.54, 1.807) is 37.4 Å². The van der Waals surface area contributed by atoms with Crippen LogP contribution >= 0.6 is 0 Å². The van der Waals surface area contributed by atoms with Gasteiger partial charge in [0.1, 0.15) is 0 Å². The van der Waals surface area contributed by atoms with Crippen LogP contribution in [0.25, 0.3) is 0 Å². The molecule has 0 fully saturated rings. The first-order valence-corrected chi connectivity index (χ1v) is 13.1. The number of hydrogen-bond donors (Lipinski definition) is 1. The summed E-state index contributed by atoms with van der Waals surface area (Å²) in [7, 11) is 1.55. The summed E-state index contributed by atoms with van der Waals surface area (Å²) < 4.78 is 11.4. The first-order chi connectivity index (χ1) is 19.4. The highest BCUT2D eigenvalue weighted by atomic mass is 16.6. The van der Waals surface area contributed by atoms with Gasteiger partial charge in [0.15, 0.2) is 11.5 Å². The molecule has 0 aliphatic carbocycles. The summed E-state index contributed by atoms with van der Waals surface area (Å²) >= 11 is 0. The summed E-state index contributed by atoms with van der Waals surface area (Å²) in [6.45, 7) is 2.47. The second kappa shape index (κ2) is 13.9. The molecule has 1 amide bonds. The zero-order chi connectivity index (χ0) is 28.3. The van der Waals surface area contributed by atoms with Crippen LogP contribution in [-0.4, -0.2) is 42.5 Å². The number of ether oxygens (including phenoxy) is 2. The van der Waals surface area contributed by atoms with Crippen LogP contribution in [-0.2, 0) is 6.54 Å². The van der Waals surface area contributed by atoms with Gasteiger partial charge in [-0.1, -0.05) is 72.8 Å². The normalized spacial score (nSPS) is 11.0. The van der Waals surface area contributed by atoms with Crippen molar-refractivity contribution in [3.8, 4) is 11.5 Å². The molecule has 0 aliphatic heterocycles. The molecular weight excluding hydrogens is 506 g/mol. The zero-order valence-electron chi connectivity index (χ0n) is 22.4. The van der Waals surface area contributed by atoms with Gasteiger partial charge in [0.2, 0.25) is 5.91 Å². The van der Waals surface area contributed by atoms with Gasteiger partial charge in [-0.2, -0.15) is 0 Å². The molecule has 0 bridgehead atoms. The molecule has 4 aromatic rings. The predicted molar refractivity (Wildman–Crippen MR) is 155 cm³/mol. The van der Waals surface area contributed by atoms with E-state index in [2.05, 4.69) is 29.2 Å². The van der Waals surface area contributed by atoms with Crippen LogP contribution in [0.3, 0.4) is 0 Å². The third kappa shape index (κ3) is 7.68. The van der Waals surface area contributed by atoms with Gasteiger partial charge < -0.3 is 15.2 Å². The molecule has 0 heterocycles. The van der Waals surface area contributed by atoms with Gasteiger partial charge in [0.05, 0.1) is 18.6 Å². The monoisotopic (exact) mass is 539 g/mol. The zero-order valence-corrected chi connectivity index (χ0v) is 22.4. The minimum atomic E-state index is -0.533. The second-order valence-electron chi connectivity index (χ2n) is 9.46. The van der Waals surface area contributed by atoms with Crippen LogP contribution in [0.4, 0.5) is 5.69 Å². The smallest absolute Gasteiger partial charge is 0.269 e. The van der Waals surface area contributed by atoms with Crippen molar-refractivity contribution in [3.05, 3.63) is 135 Å². The number of non-ortho nitro benzene ring substituents is 1. The molecule has 2 N–H and O–H groups in total. The van der Waals surface area contributed by atoms with Gasteiger partial charge >= 0.3 is 0 Å². The van der Waals surface area contributed by atoms with E-state index in [1.165, 1.54) is 11.1 Å². The van der Waals surface area contributed by atoms with Crippen molar-refractivity contribution in [2.45, 2.75) is 18.9 Å². The SMILES string of the molecule is COc1ccc(C(N)=O)cc1OCCCN(Cc1ccc([N+](=O)[O-])cc1)CC(c1ccccc1)c1ccccc1. The Morgan fingerprint density at radius 1 is 0.900 bits per heavy atom. The van der Waals surface area contributed by atoms with Gasteiger partial charge in [-0.25, -0.2) is 0 Å². The highest BCUT2D eigenvalue weighted by Crippen LogP contribution is 2.29. The predicted octanol–water partition coefficient (Wildman–Crippen LogP) is 5.81. The van der Waals surface area contributed by atoms with Crippen LogP contribution in [0.1, 0.15) is 39.4 Å². The van der Waals surface area contributed by atoms with Gasteiger partial charge in [-0.15, -0.1) is 0 Å². The number of carbonyl (C=O) groups is 1. The summed E-state index contributed by atoms with van der Waals surface area (Å²) in [5.74, 6) is 0.594. The Morgan fingerprint density at radius 3 is 2.08 bits per heavy atom. The molecule has 206 valence electrons. The Bertz CT molecular complexity index is 1360. The molecular formula is C32H33N3O5. The highest BCUT2D eigenvalue weighted by molar-refractivity contribution is 5.93. The maximum Gasteiger partial charge on any atom is 0.269 e. The number of rotatable bonds is 14. The van der Waals surface area contributed by atoms with E-state index in [-0.39, 0.29) is 16.5 Å². The molecule has 0 unspecified atom stereocenters. The Labute approximate surface area is 234 Å². The molecule has 0 saturated carbocycles. The minimum Gasteiger partial charge on any atom is -0.493 e. The van der Waals surface area contributed by atoms with Gasteiger partial charge in [0, 0.05) is 43.2 Å². The molecule has 4 rings (SSSR count). The van der Waals surface area contributed by atoms with Crippen molar-refractivity contribution in [1.29, 1.82) is 0 Å². The fraction of sp³-hybridized carbons (Fsp3) is 0.219. The maximum atomic E-state index is 11.6. The molecule has 0 aromatic heterocycles. The van der Waals surface area contributed by atoms with Crippen molar-refractivity contribution >= 4 is 11.6 Å². The van der Waals surface area contributed by atoms with E-state index in [4.69, 9.17) is 15.2 Å². The number of carbonyl (C=O) groups excluding carboxylic acids is 1. The lowest BCUT2D eigenvalue weighted by Crippen LogP contribution is -2.30. The summed E-state index contributed by atoms with van der Waals surface area (Å²) in [6.07, 6.45) is 0.702. The molecule has 0 spiro atoms. The van der Waals surface area contributed by atoms with Crippen molar-refractivity contribution in [1.82, 2.24) is 4.90 Å². The molecule has 0 aliphatic rings. The first kappa shape index (κ1) is 28.3. The van der Waals surface area contributed by atoms with Crippen molar-refractivity contribution < 1.29 is 19.2 Å². The molecule has 0 atom stereocenters. The average molecular weight is 540 g/mol. The number of primary amides is 1. The number of amides is 1. The fourth-order valence-corrected chi connectivity index (χ4v) is 4.66. The lowest BCUT2D eigenvalue weighted by molar-refractivity contribution is -0.384. The molecule has 4 aromatic carbocycles. The average Bonchev–Trinajstić information content (AvgIpc) is 2.98. The topological polar surface area (TPSA) is 108 Å². The van der Waals surface area contributed by atoms with Crippen molar-refractivity contribution in [3.63, 3.8) is 0 Å². The first-order valence-electron chi connectivity index (χ1n) is 13.1. The van der Waals surface area contributed by atoms with E-state index < -0.39 is 5.91 Å². The number of nitrogens with zero attached hydrogens (tertiary/aromatic N) is 2. The summed E-state index contributed by atoms with van der Waals surface area (Å²) in [5, 5.41) is 11.1. The third-order valence-corrected chi connectivity index (χ3v) is 6.72. The molecule has 0 saturated heterocycles. The number of hydrogen-bond acceptors (Lipinski definition) is 6. The van der Waals surface area contributed by atoms with Gasteiger partial charge in [0.25, 0.3) is 5.69 Å². The summed E-state index contributed by atoms with van der Waals surface area (Å²) in [6, 6.07) is 32.4. The van der Waals surface area contributed by atoms with E-state index >= 15 is 0 Å². The molecule has 0 radical (unpaired) electrons. The third-order valence-electron chi connectivity index (χ3n) is 6.72. The van der Waals surface area contributed by atoms with Crippen molar-refractivity contribution in [2.75, 3.05) is 26.8 Å². The van der Waals surface area contributed by atoms with Crippen molar-refractivity contribution in [2.24, 2.45) is 5.73 Å². The Kier molecular flexibility index (Phi) is 9.85.